The number of esters is 1. The Labute approximate surface area is 135 Å². The van der Waals surface area contributed by atoms with Crippen molar-refractivity contribution in [2.45, 2.75) is 13.0 Å². The van der Waals surface area contributed by atoms with Crippen LogP contribution in [0.3, 0.4) is 0 Å². The van der Waals surface area contributed by atoms with Crippen molar-refractivity contribution < 1.29 is 19.1 Å². The molecule has 2 rings (SSSR count). The highest BCUT2D eigenvalue weighted by Crippen LogP contribution is 2.18. The molecule has 2 aromatic carbocycles. The van der Waals surface area contributed by atoms with Gasteiger partial charge in [-0.1, -0.05) is 42.5 Å². The van der Waals surface area contributed by atoms with Crippen LogP contribution in [0.15, 0.2) is 54.6 Å². The molecular formula is C18H19NO4. The molecular weight excluding hydrogens is 294 g/mol. The molecule has 0 aromatic heterocycles. The topological polar surface area (TPSA) is 64.6 Å². The molecule has 1 amide bonds. The van der Waals surface area contributed by atoms with Gasteiger partial charge in [0.2, 0.25) is 0 Å². The van der Waals surface area contributed by atoms with Crippen molar-refractivity contribution in [1.29, 1.82) is 0 Å². The maximum absolute atomic E-state index is 12.0. The normalized spacial score (nSPS) is 11.4. The molecule has 0 aliphatic carbocycles. The minimum absolute atomic E-state index is 0.159. The molecule has 0 saturated carbocycles. The minimum atomic E-state index is -0.593. The Hall–Kier alpha value is -2.82. The molecule has 2 aromatic rings. The van der Waals surface area contributed by atoms with Crippen LogP contribution in [-0.4, -0.2) is 25.6 Å². The van der Waals surface area contributed by atoms with Crippen LogP contribution in [0.25, 0.3) is 0 Å². The molecule has 23 heavy (non-hydrogen) atoms. The fourth-order valence-corrected chi connectivity index (χ4v) is 2.13. The second kappa shape index (κ2) is 7.98. The molecule has 0 aliphatic heterocycles. The van der Waals surface area contributed by atoms with E-state index in [4.69, 9.17) is 9.47 Å². The first-order chi connectivity index (χ1) is 11.1. The van der Waals surface area contributed by atoms with Crippen molar-refractivity contribution in [3.8, 4) is 5.75 Å². The van der Waals surface area contributed by atoms with Crippen LogP contribution in [-0.2, 0) is 9.53 Å². The maximum Gasteiger partial charge on any atom is 0.342 e. The Morgan fingerprint density at radius 3 is 2.39 bits per heavy atom. The number of ether oxygens (including phenoxy) is 2. The van der Waals surface area contributed by atoms with Gasteiger partial charge in [0.15, 0.2) is 6.61 Å². The summed E-state index contributed by atoms with van der Waals surface area (Å²) in [5, 5.41) is 2.78. The van der Waals surface area contributed by atoms with Gasteiger partial charge in [-0.25, -0.2) is 4.79 Å². The number of nitrogens with one attached hydrogen (secondary N) is 1. The number of amides is 1. The molecule has 1 N–H and O–H groups in total. The zero-order valence-electron chi connectivity index (χ0n) is 13.1. The molecule has 0 bridgehead atoms. The summed E-state index contributed by atoms with van der Waals surface area (Å²) in [4.78, 5) is 23.9. The van der Waals surface area contributed by atoms with E-state index in [0.717, 1.165) is 5.56 Å². The Balaban J connectivity index is 1.88. The molecule has 0 heterocycles. The highest BCUT2D eigenvalue weighted by Gasteiger charge is 2.15. The summed E-state index contributed by atoms with van der Waals surface area (Å²) in [6.45, 7) is 1.53. The van der Waals surface area contributed by atoms with E-state index < -0.39 is 5.97 Å². The zero-order valence-corrected chi connectivity index (χ0v) is 13.1. The minimum Gasteiger partial charge on any atom is -0.496 e. The van der Waals surface area contributed by atoms with Crippen molar-refractivity contribution >= 4 is 11.9 Å². The molecule has 0 fully saturated rings. The van der Waals surface area contributed by atoms with E-state index >= 15 is 0 Å². The molecule has 0 spiro atoms. The second-order valence-corrected chi connectivity index (χ2v) is 4.98. The first-order valence-electron chi connectivity index (χ1n) is 7.26. The molecule has 0 saturated heterocycles. The number of para-hydroxylation sites is 1. The maximum atomic E-state index is 12.0. The summed E-state index contributed by atoms with van der Waals surface area (Å²) >= 11 is 0. The molecule has 0 radical (unpaired) electrons. The van der Waals surface area contributed by atoms with E-state index in [9.17, 15) is 9.59 Å². The fourth-order valence-electron chi connectivity index (χ4n) is 2.13. The summed E-state index contributed by atoms with van der Waals surface area (Å²) in [6, 6.07) is 16.1. The van der Waals surface area contributed by atoms with Gasteiger partial charge < -0.3 is 14.8 Å². The van der Waals surface area contributed by atoms with E-state index in [1.54, 1.807) is 24.3 Å². The molecule has 5 heteroatoms. The first kappa shape index (κ1) is 16.5. The molecule has 0 aliphatic rings. The van der Waals surface area contributed by atoms with E-state index in [1.807, 2.05) is 37.3 Å². The van der Waals surface area contributed by atoms with Gasteiger partial charge in [0, 0.05) is 0 Å². The lowest BCUT2D eigenvalue weighted by molar-refractivity contribution is -0.124. The van der Waals surface area contributed by atoms with Crippen molar-refractivity contribution in [2.75, 3.05) is 13.7 Å². The Kier molecular flexibility index (Phi) is 5.74. The predicted molar refractivity (Wildman–Crippen MR) is 86.3 cm³/mol. The monoisotopic (exact) mass is 313 g/mol. The van der Waals surface area contributed by atoms with Crippen LogP contribution in [0.2, 0.25) is 0 Å². The van der Waals surface area contributed by atoms with Gasteiger partial charge in [0.05, 0.1) is 13.2 Å². The van der Waals surface area contributed by atoms with Gasteiger partial charge in [0.1, 0.15) is 11.3 Å². The largest absolute Gasteiger partial charge is 0.496 e. The number of methoxy groups -OCH3 is 1. The van der Waals surface area contributed by atoms with Crippen molar-refractivity contribution in [3.63, 3.8) is 0 Å². The lowest BCUT2D eigenvalue weighted by atomic mass is 10.1. The quantitative estimate of drug-likeness (QED) is 0.833. The third kappa shape index (κ3) is 4.57. The molecule has 1 atom stereocenters. The van der Waals surface area contributed by atoms with E-state index in [0.29, 0.717) is 11.3 Å². The van der Waals surface area contributed by atoms with Crippen LogP contribution in [0.1, 0.15) is 28.9 Å². The van der Waals surface area contributed by atoms with Crippen molar-refractivity contribution in [3.05, 3.63) is 65.7 Å². The highest BCUT2D eigenvalue weighted by molar-refractivity contribution is 5.94. The first-order valence-corrected chi connectivity index (χ1v) is 7.26. The Morgan fingerprint density at radius 2 is 1.70 bits per heavy atom. The van der Waals surface area contributed by atoms with Gasteiger partial charge in [-0.05, 0) is 24.6 Å². The number of benzene rings is 2. The van der Waals surface area contributed by atoms with Gasteiger partial charge in [-0.15, -0.1) is 0 Å². The van der Waals surface area contributed by atoms with Crippen LogP contribution >= 0.6 is 0 Å². The van der Waals surface area contributed by atoms with E-state index in [2.05, 4.69) is 5.32 Å². The summed E-state index contributed by atoms with van der Waals surface area (Å²) in [5.74, 6) is -0.537. The molecule has 5 nitrogen and oxygen atoms in total. The van der Waals surface area contributed by atoms with E-state index in [1.165, 1.54) is 7.11 Å². The molecule has 1 unspecified atom stereocenters. The lowest BCUT2D eigenvalue weighted by Gasteiger charge is -2.14. The van der Waals surface area contributed by atoms with Crippen LogP contribution < -0.4 is 10.1 Å². The van der Waals surface area contributed by atoms with Gasteiger partial charge in [0.25, 0.3) is 5.91 Å². The Bertz CT molecular complexity index is 670. The summed E-state index contributed by atoms with van der Waals surface area (Å²) in [7, 11) is 1.47. The number of rotatable bonds is 6. The fraction of sp³-hybridized carbons (Fsp3) is 0.222. The zero-order chi connectivity index (χ0) is 16.7. The van der Waals surface area contributed by atoms with Crippen LogP contribution in [0.5, 0.6) is 5.75 Å². The Morgan fingerprint density at radius 1 is 1.04 bits per heavy atom. The SMILES string of the molecule is COc1ccccc1C(=O)OCC(=O)NC(C)c1ccccc1. The van der Waals surface area contributed by atoms with Crippen LogP contribution in [0, 0.1) is 0 Å². The number of hydrogen-bond acceptors (Lipinski definition) is 4. The van der Waals surface area contributed by atoms with Gasteiger partial charge >= 0.3 is 5.97 Å². The third-order valence-electron chi connectivity index (χ3n) is 3.34. The standard InChI is InChI=1S/C18H19NO4/c1-13(14-8-4-3-5-9-14)19-17(20)12-23-18(21)15-10-6-7-11-16(15)22-2/h3-11,13H,12H2,1-2H3,(H,19,20). The lowest BCUT2D eigenvalue weighted by Crippen LogP contribution is -2.31. The molecule has 120 valence electrons. The average Bonchev–Trinajstić information content (AvgIpc) is 2.60. The number of hydrogen-bond donors (Lipinski definition) is 1. The van der Waals surface area contributed by atoms with E-state index in [-0.39, 0.29) is 18.6 Å². The summed E-state index contributed by atoms with van der Waals surface area (Å²) in [5.41, 5.74) is 1.27. The smallest absolute Gasteiger partial charge is 0.342 e. The third-order valence-corrected chi connectivity index (χ3v) is 3.34. The number of carbonyl (C=O) groups is 2. The van der Waals surface area contributed by atoms with Crippen LogP contribution in [0.4, 0.5) is 0 Å². The predicted octanol–water partition coefficient (Wildman–Crippen LogP) is 2.73. The second-order valence-electron chi connectivity index (χ2n) is 4.98. The summed E-state index contributed by atoms with van der Waals surface area (Å²) in [6.07, 6.45) is 0. The van der Waals surface area contributed by atoms with Crippen molar-refractivity contribution in [2.24, 2.45) is 0 Å². The van der Waals surface area contributed by atoms with Crippen molar-refractivity contribution in [1.82, 2.24) is 5.32 Å². The average molecular weight is 313 g/mol. The van der Waals surface area contributed by atoms with Gasteiger partial charge in [-0.3, -0.25) is 4.79 Å². The van der Waals surface area contributed by atoms with Gasteiger partial charge in [-0.2, -0.15) is 0 Å². The number of carbonyl (C=O) groups excluding carboxylic acids is 2. The summed E-state index contributed by atoms with van der Waals surface area (Å²) < 4.78 is 10.1. The highest BCUT2D eigenvalue weighted by atomic mass is 16.5.